The first kappa shape index (κ1) is 12.3. The van der Waals surface area contributed by atoms with Crippen molar-refractivity contribution in [3.8, 4) is 16.9 Å². The van der Waals surface area contributed by atoms with Gasteiger partial charge in [0.2, 0.25) is 0 Å². The summed E-state index contributed by atoms with van der Waals surface area (Å²) in [6, 6.07) is 15.1. The second kappa shape index (κ2) is 4.73. The van der Waals surface area contributed by atoms with Crippen LogP contribution in [-0.4, -0.2) is 6.10 Å². The predicted molar refractivity (Wildman–Crippen MR) is 79.6 cm³/mol. The van der Waals surface area contributed by atoms with Gasteiger partial charge in [-0.15, -0.1) is 0 Å². The second-order valence-corrected chi connectivity index (χ2v) is 5.72. The van der Waals surface area contributed by atoms with E-state index in [9.17, 15) is 0 Å². The number of rotatable bonds is 3. The summed E-state index contributed by atoms with van der Waals surface area (Å²) in [6.07, 6.45) is 1.28. The molecule has 0 N–H and O–H groups in total. The minimum absolute atomic E-state index is 0.252. The van der Waals surface area contributed by atoms with E-state index >= 15 is 0 Å². The molecule has 0 spiro atoms. The molecule has 19 heavy (non-hydrogen) atoms. The van der Waals surface area contributed by atoms with E-state index in [0.717, 1.165) is 12.2 Å². The first-order valence-electron chi connectivity index (χ1n) is 7.03. The van der Waals surface area contributed by atoms with Gasteiger partial charge in [0.1, 0.15) is 5.75 Å². The van der Waals surface area contributed by atoms with Crippen molar-refractivity contribution in [1.29, 1.82) is 0 Å². The normalized spacial score (nSPS) is 14.1. The average Bonchev–Trinajstić information content (AvgIpc) is 2.76. The lowest BCUT2D eigenvalue weighted by atomic mass is 10.1. The van der Waals surface area contributed by atoms with Crippen LogP contribution in [0.2, 0.25) is 0 Å². The Morgan fingerprint density at radius 1 is 0.895 bits per heavy atom. The minimum Gasteiger partial charge on any atom is -0.490 e. The molecule has 1 unspecified atom stereocenters. The number of benzene rings is 2. The van der Waals surface area contributed by atoms with Gasteiger partial charge in [-0.1, -0.05) is 44.2 Å². The van der Waals surface area contributed by atoms with Gasteiger partial charge in [0.15, 0.2) is 0 Å². The summed E-state index contributed by atoms with van der Waals surface area (Å²) >= 11 is 0. The predicted octanol–water partition coefficient (Wildman–Crippen LogP) is 4.68. The van der Waals surface area contributed by atoms with Crippen LogP contribution in [-0.2, 0) is 6.42 Å². The third-order valence-electron chi connectivity index (χ3n) is 4.03. The maximum atomic E-state index is 6.00. The topological polar surface area (TPSA) is 9.23 Å². The van der Waals surface area contributed by atoms with Crippen LogP contribution in [0.25, 0.3) is 11.1 Å². The number of fused-ring (bicyclic) bond motifs is 3. The molecule has 1 heteroatoms. The van der Waals surface area contributed by atoms with Crippen molar-refractivity contribution >= 4 is 0 Å². The van der Waals surface area contributed by atoms with Crippen molar-refractivity contribution < 1.29 is 4.74 Å². The molecule has 2 aromatic rings. The van der Waals surface area contributed by atoms with Gasteiger partial charge in [0.25, 0.3) is 0 Å². The molecule has 0 aromatic heterocycles. The lowest BCUT2D eigenvalue weighted by molar-refractivity contribution is 0.170. The summed E-state index contributed by atoms with van der Waals surface area (Å²) in [5.74, 6) is 1.53. The highest BCUT2D eigenvalue weighted by Gasteiger charge is 2.18. The number of hydrogen-bond acceptors (Lipinski definition) is 1. The van der Waals surface area contributed by atoms with E-state index in [1.165, 1.54) is 22.3 Å². The molecule has 1 nitrogen and oxygen atoms in total. The molecule has 2 aromatic carbocycles. The molecule has 0 bridgehead atoms. The summed E-state index contributed by atoms with van der Waals surface area (Å²) < 4.78 is 6.00. The summed E-state index contributed by atoms with van der Waals surface area (Å²) in [6.45, 7) is 6.51. The highest BCUT2D eigenvalue weighted by molar-refractivity contribution is 5.77. The number of hydrogen-bond donors (Lipinski definition) is 0. The van der Waals surface area contributed by atoms with Crippen molar-refractivity contribution in [3.63, 3.8) is 0 Å². The Hall–Kier alpha value is -1.76. The quantitative estimate of drug-likeness (QED) is 0.657. The van der Waals surface area contributed by atoms with Crippen LogP contribution in [0.3, 0.4) is 0 Å². The average molecular weight is 252 g/mol. The van der Waals surface area contributed by atoms with Gasteiger partial charge in [0, 0.05) is 0 Å². The molecular weight excluding hydrogens is 232 g/mol. The Bertz CT molecular complexity index is 598. The van der Waals surface area contributed by atoms with Crippen LogP contribution in [0.5, 0.6) is 5.75 Å². The molecule has 0 saturated carbocycles. The third kappa shape index (κ3) is 2.25. The zero-order valence-electron chi connectivity index (χ0n) is 11.8. The van der Waals surface area contributed by atoms with Gasteiger partial charge in [-0.3, -0.25) is 0 Å². The van der Waals surface area contributed by atoms with E-state index in [1.54, 1.807) is 0 Å². The fourth-order valence-electron chi connectivity index (χ4n) is 2.55. The van der Waals surface area contributed by atoms with E-state index < -0.39 is 0 Å². The Balaban J connectivity index is 1.89. The monoisotopic (exact) mass is 252 g/mol. The lowest BCUT2D eigenvalue weighted by Crippen LogP contribution is -2.18. The third-order valence-corrected chi connectivity index (χ3v) is 4.03. The molecule has 3 rings (SSSR count). The fraction of sp³-hybridized carbons (Fsp3) is 0.333. The van der Waals surface area contributed by atoms with Gasteiger partial charge in [-0.05, 0) is 53.6 Å². The molecule has 98 valence electrons. The zero-order valence-corrected chi connectivity index (χ0v) is 11.8. The fourth-order valence-corrected chi connectivity index (χ4v) is 2.55. The highest BCUT2D eigenvalue weighted by atomic mass is 16.5. The summed E-state index contributed by atoms with van der Waals surface area (Å²) in [7, 11) is 0. The lowest BCUT2D eigenvalue weighted by Gasteiger charge is -2.18. The van der Waals surface area contributed by atoms with E-state index in [-0.39, 0.29) is 6.10 Å². The Labute approximate surface area is 115 Å². The SMILES string of the molecule is CC(C)C(C)Oc1ccc2c(c1)Cc1ccccc1-2. The highest BCUT2D eigenvalue weighted by Crippen LogP contribution is 2.38. The molecule has 0 heterocycles. The maximum absolute atomic E-state index is 6.00. The summed E-state index contributed by atoms with van der Waals surface area (Å²) in [4.78, 5) is 0. The number of ether oxygens (including phenoxy) is 1. The molecule has 0 amide bonds. The summed E-state index contributed by atoms with van der Waals surface area (Å²) in [5, 5.41) is 0. The molecule has 1 atom stereocenters. The van der Waals surface area contributed by atoms with Crippen LogP contribution in [0.4, 0.5) is 0 Å². The van der Waals surface area contributed by atoms with Crippen molar-refractivity contribution in [2.45, 2.75) is 33.3 Å². The Kier molecular flexibility index (Phi) is 3.06. The van der Waals surface area contributed by atoms with Crippen molar-refractivity contribution in [2.24, 2.45) is 5.92 Å². The molecule has 0 saturated heterocycles. The zero-order chi connectivity index (χ0) is 13.4. The molecule has 0 radical (unpaired) electrons. The van der Waals surface area contributed by atoms with Gasteiger partial charge in [0.05, 0.1) is 6.10 Å². The van der Waals surface area contributed by atoms with E-state index in [0.29, 0.717) is 5.92 Å². The first-order chi connectivity index (χ1) is 9.15. The van der Waals surface area contributed by atoms with Crippen LogP contribution in [0, 0.1) is 5.92 Å². The van der Waals surface area contributed by atoms with Gasteiger partial charge in [-0.2, -0.15) is 0 Å². The molecule has 0 aliphatic heterocycles. The van der Waals surface area contributed by atoms with Gasteiger partial charge in [-0.25, -0.2) is 0 Å². The van der Waals surface area contributed by atoms with Crippen LogP contribution in [0.1, 0.15) is 31.9 Å². The minimum atomic E-state index is 0.252. The first-order valence-corrected chi connectivity index (χ1v) is 7.03. The van der Waals surface area contributed by atoms with Crippen LogP contribution >= 0.6 is 0 Å². The molecular formula is C18H20O. The molecule has 0 fully saturated rings. The van der Waals surface area contributed by atoms with E-state index in [1.807, 2.05) is 0 Å². The second-order valence-electron chi connectivity index (χ2n) is 5.72. The standard InChI is InChI=1S/C18H20O/c1-12(2)13(3)19-16-8-9-18-15(11-16)10-14-6-4-5-7-17(14)18/h4-9,11-13H,10H2,1-3H3. The Morgan fingerprint density at radius 2 is 1.63 bits per heavy atom. The Morgan fingerprint density at radius 3 is 2.42 bits per heavy atom. The van der Waals surface area contributed by atoms with Gasteiger partial charge < -0.3 is 4.74 Å². The molecule has 1 aliphatic rings. The van der Waals surface area contributed by atoms with Crippen LogP contribution in [0.15, 0.2) is 42.5 Å². The smallest absolute Gasteiger partial charge is 0.120 e. The summed E-state index contributed by atoms with van der Waals surface area (Å²) in [5.41, 5.74) is 5.54. The van der Waals surface area contributed by atoms with Crippen molar-refractivity contribution in [2.75, 3.05) is 0 Å². The van der Waals surface area contributed by atoms with E-state index in [2.05, 4.69) is 63.2 Å². The van der Waals surface area contributed by atoms with Gasteiger partial charge >= 0.3 is 0 Å². The van der Waals surface area contributed by atoms with E-state index in [4.69, 9.17) is 4.74 Å². The largest absolute Gasteiger partial charge is 0.490 e. The molecule has 1 aliphatic carbocycles. The van der Waals surface area contributed by atoms with Crippen LogP contribution < -0.4 is 4.74 Å². The van der Waals surface area contributed by atoms with Crippen molar-refractivity contribution in [3.05, 3.63) is 53.6 Å². The maximum Gasteiger partial charge on any atom is 0.120 e. The van der Waals surface area contributed by atoms with Crippen molar-refractivity contribution in [1.82, 2.24) is 0 Å².